The zero-order valence-corrected chi connectivity index (χ0v) is 9.38. The molecule has 1 aliphatic rings. The maximum absolute atomic E-state index is 11.7. The summed E-state index contributed by atoms with van der Waals surface area (Å²) in [6, 6.07) is 0.541. The van der Waals surface area contributed by atoms with Gasteiger partial charge in [-0.15, -0.1) is 0 Å². The van der Waals surface area contributed by atoms with Crippen LogP contribution in [0.3, 0.4) is 0 Å². The van der Waals surface area contributed by atoms with Gasteiger partial charge >= 0.3 is 6.03 Å². The van der Waals surface area contributed by atoms with E-state index in [0.29, 0.717) is 6.04 Å². The standard InChI is InChI=1S/C11H22N2O/c1-3-13(4-2)11(14)12-10-8-6-5-7-9-10/h10H,3-9H2,1-2H3,(H,12,14). The lowest BCUT2D eigenvalue weighted by Crippen LogP contribution is -2.45. The van der Waals surface area contributed by atoms with Gasteiger partial charge in [-0.2, -0.15) is 0 Å². The summed E-state index contributed by atoms with van der Waals surface area (Å²) in [7, 11) is 0. The van der Waals surface area contributed by atoms with E-state index in [9.17, 15) is 4.79 Å². The summed E-state index contributed by atoms with van der Waals surface area (Å²) in [6.45, 7) is 5.64. The first-order valence-electron chi connectivity index (χ1n) is 5.83. The second kappa shape index (κ2) is 5.89. The van der Waals surface area contributed by atoms with Gasteiger partial charge in [0.2, 0.25) is 0 Å². The molecule has 0 radical (unpaired) electrons. The molecule has 2 amide bonds. The van der Waals surface area contributed by atoms with Crippen molar-refractivity contribution in [1.29, 1.82) is 0 Å². The molecule has 3 nitrogen and oxygen atoms in total. The zero-order valence-electron chi connectivity index (χ0n) is 9.38. The predicted molar refractivity (Wildman–Crippen MR) is 58.3 cm³/mol. The van der Waals surface area contributed by atoms with Gasteiger partial charge in [-0.25, -0.2) is 4.79 Å². The Balaban J connectivity index is 2.30. The summed E-state index contributed by atoms with van der Waals surface area (Å²) in [5, 5.41) is 3.11. The summed E-state index contributed by atoms with van der Waals surface area (Å²) in [4.78, 5) is 13.5. The number of nitrogens with one attached hydrogen (secondary N) is 1. The van der Waals surface area contributed by atoms with E-state index in [2.05, 4.69) is 5.32 Å². The first-order chi connectivity index (χ1) is 6.77. The molecule has 1 aliphatic carbocycles. The van der Waals surface area contributed by atoms with Crippen molar-refractivity contribution in [3.05, 3.63) is 0 Å². The summed E-state index contributed by atoms with van der Waals surface area (Å²) in [5.74, 6) is 0. The largest absolute Gasteiger partial charge is 0.335 e. The Bertz CT molecular complexity index is 172. The lowest BCUT2D eigenvalue weighted by molar-refractivity contribution is 0.195. The second-order valence-electron chi connectivity index (χ2n) is 3.96. The van der Waals surface area contributed by atoms with Crippen LogP contribution in [0.25, 0.3) is 0 Å². The van der Waals surface area contributed by atoms with Gasteiger partial charge in [-0.1, -0.05) is 19.3 Å². The third-order valence-corrected chi connectivity index (χ3v) is 2.98. The molecule has 0 saturated heterocycles. The first kappa shape index (κ1) is 11.3. The molecule has 0 spiro atoms. The van der Waals surface area contributed by atoms with Gasteiger partial charge in [0.1, 0.15) is 0 Å². The Labute approximate surface area is 86.9 Å². The van der Waals surface area contributed by atoms with Gasteiger partial charge < -0.3 is 10.2 Å². The predicted octanol–water partition coefficient (Wildman–Crippen LogP) is 2.37. The summed E-state index contributed by atoms with van der Waals surface area (Å²) in [5.41, 5.74) is 0. The molecule has 0 aromatic carbocycles. The lowest BCUT2D eigenvalue weighted by atomic mass is 9.96. The highest BCUT2D eigenvalue weighted by Crippen LogP contribution is 2.17. The molecule has 0 aromatic heterocycles. The molecule has 1 N–H and O–H groups in total. The van der Waals surface area contributed by atoms with Crippen molar-refractivity contribution >= 4 is 6.03 Å². The van der Waals surface area contributed by atoms with E-state index >= 15 is 0 Å². The minimum absolute atomic E-state index is 0.113. The Hall–Kier alpha value is -0.730. The van der Waals surface area contributed by atoms with Crippen LogP contribution in [0.15, 0.2) is 0 Å². The van der Waals surface area contributed by atoms with Gasteiger partial charge in [0.05, 0.1) is 0 Å². The van der Waals surface area contributed by atoms with E-state index in [0.717, 1.165) is 25.9 Å². The molecule has 1 saturated carbocycles. The van der Waals surface area contributed by atoms with E-state index in [4.69, 9.17) is 0 Å². The summed E-state index contributed by atoms with van der Waals surface area (Å²) >= 11 is 0. The molecule has 1 rings (SSSR count). The van der Waals surface area contributed by atoms with Crippen molar-refractivity contribution in [2.45, 2.75) is 52.0 Å². The molecule has 0 aromatic rings. The SMILES string of the molecule is CCN(CC)C(=O)NC1CCCCC1. The van der Waals surface area contributed by atoms with Gasteiger partial charge in [-0.3, -0.25) is 0 Å². The lowest BCUT2D eigenvalue weighted by Gasteiger charge is -2.26. The Morgan fingerprint density at radius 1 is 1.21 bits per heavy atom. The van der Waals surface area contributed by atoms with Crippen LogP contribution in [0.2, 0.25) is 0 Å². The topological polar surface area (TPSA) is 32.3 Å². The molecule has 0 atom stereocenters. The van der Waals surface area contributed by atoms with Crippen molar-refractivity contribution in [1.82, 2.24) is 10.2 Å². The van der Waals surface area contributed by atoms with Crippen LogP contribution in [-0.2, 0) is 0 Å². The van der Waals surface area contributed by atoms with E-state index in [1.807, 2.05) is 18.7 Å². The average molecular weight is 198 g/mol. The molecule has 1 fully saturated rings. The number of carbonyl (C=O) groups excluding carboxylic acids is 1. The maximum atomic E-state index is 11.7. The van der Waals surface area contributed by atoms with Gasteiger partial charge in [0.25, 0.3) is 0 Å². The Kier molecular flexibility index (Phi) is 4.77. The fourth-order valence-electron chi connectivity index (χ4n) is 2.02. The number of amides is 2. The molecular formula is C11H22N2O. The van der Waals surface area contributed by atoms with E-state index in [-0.39, 0.29) is 6.03 Å². The fourth-order valence-corrected chi connectivity index (χ4v) is 2.02. The van der Waals surface area contributed by atoms with Gasteiger partial charge in [0.15, 0.2) is 0 Å². The highest BCUT2D eigenvalue weighted by molar-refractivity contribution is 5.74. The summed E-state index contributed by atoms with van der Waals surface area (Å²) < 4.78 is 0. The van der Waals surface area contributed by atoms with Crippen LogP contribution in [0.4, 0.5) is 4.79 Å². The number of nitrogens with zero attached hydrogens (tertiary/aromatic N) is 1. The summed E-state index contributed by atoms with van der Waals surface area (Å²) in [6.07, 6.45) is 6.18. The van der Waals surface area contributed by atoms with Crippen molar-refractivity contribution in [3.8, 4) is 0 Å². The van der Waals surface area contributed by atoms with E-state index in [1.165, 1.54) is 19.3 Å². The Morgan fingerprint density at radius 3 is 2.29 bits per heavy atom. The average Bonchev–Trinajstić information content (AvgIpc) is 2.21. The van der Waals surface area contributed by atoms with Crippen LogP contribution in [0.1, 0.15) is 46.0 Å². The van der Waals surface area contributed by atoms with Crippen molar-refractivity contribution < 1.29 is 4.79 Å². The number of urea groups is 1. The highest BCUT2D eigenvalue weighted by Gasteiger charge is 2.17. The smallest absolute Gasteiger partial charge is 0.317 e. The monoisotopic (exact) mass is 198 g/mol. The molecule has 82 valence electrons. The number of hydrogen-bond acceptors (Lipinski definition) is 1. The molecular weight excluding hydrogens is 176 g/mol. The van der Waals surface area contributed by atoms with Crippen LogP contribution in [0, 0.1) is 0 Å². The molecule has 0 heterocycles. The van der Waals surface area contributed by atoms with Crippen molar-refractivity contribution in [2.75, 3.05) is 13.1 Å². The number of rotatable bonds is 3. The quantitative estimate of drug-likeness (QED) is 0.742. The Morgan fingerprint density at radius 2 is 1.79 bits per heavy atom. The fraction of sp³-hybridized carbons (Fsp3) is 0.909. The zero-order chi connectivity index (χ0) is 10.4. The third-order valence-electron chi connectivity index (χ3n) is 2.98. The molecule has 14 heavy (non-hydrogen) atoms. The van der Waals surface area contributed by atoms with Crippen LogP contribution in [0.5, 0.6) is 0 Å². The first-order valence-corrected chi connectivity index (χ1v) is 5.83. The van der Waals surface area contributed by atoms with Gasteiger partial charge in [0, 0.05) is 19.1 Å². The second-order valence-corrected chi connectivity index (χ2v) is 3.96. The van der Waals surface area contributed by atoms with Crippen LogP contribution in [-0.4, -0.2) is 30.1 Å². The normalized spacial score (nSPS) is 17.9. The molecule has 0 aliphatic heterocycles. The van der Waals surface area contributed by atoms with Crippen LogP contribution >= 0.6 is 0 Å². The van der Waals surface area contributed by atoms with Crippen LogP contribution < -0.4 is 5.32 Å². The third kappa shape index (κ3) is 3.20. The van der Waals surface area contributed by atoms with E-state index < -0.39 is 0 Å². The molecule has 3 heteroatoms. The minimum atomic E-state index is 0.113. The van der Waals surface area contributed by atoms with Crippen molar-refractivity contribution in [2.24, 2.45) is 0 Å². The number of carbonyl (C=O) groups is 1. The minimum Gasteiger partial charge on any atom is -0.335 e. The molecule has 0 bridgehead atoms. The van der Waals surface area contributed by atoms with Crippen molar-refractivity contribution in [3.63, 3.8) is 0 Å². The maximum Gasteiger partial charge on any atom is 0.317 e. The highest BCUT2D eigenvalue weighted by atomic mass is 16.2. The number of hydrogen-bond donors (Lipinski definition) is 1. The van der Waals surface area contributed by atoms with E-state index in [1.54, 1.807) is 0 Å². The molecule has 0 unspecified atom stereocenters. The van der Waals surface area contributed by atoms with Gasteiger partial charge in [-0.05, 0) is 26.7 Å².